The van der Waals surface area contributed by atoms with Gasteiger partial charge in [-0.15, -0.1) is 0 Å². The summed E-state index contributed by atoms with van der Waals surface area (Å²) in [6, 6.07) is 7.28. The topological polar surface area (TPSA) is 89.0 Å². The summed E-state index contributed by atoms with van der Waals surface area (Å²) in [6.45, 7) is 1.13. The van der Waals surface area contributed by atoms with Crippen LogP contribution in [0.25, 0.3) is 0 Å². The van der Waals surface area contributed by atoms with Gasteiger partial charge < -0.3 is 14.8 Å². The minimum atomic E-state index is -0.381. The van der Waals surface area contributed by atoms with Crippen LogP contribution in [0.1, 0.15) is 24.7 Å². The fourth-order valence-corrected chi connectivity index (χ4v) is 2.16. The molecule has 0 saturated carbocycles. The number of benzene rings is 1. The molecule has 0 bridgehead atoms. The highest BCUT2D eigenvalue weighted by Crippen LogP contribution is 2.25. The van der Waals surface area contributed by atoms with E-state index in [1.165, 1.54) is 0 Å². The van der Waals surface area contributed by atoms with E-state index in [9.17, 15) is 9.59 Å². The van der Waals surface area contributed by atoms with Crippen molar-refractivity contribution in [1.82, 2.24) is 5.43 Å². The lowest BCUT2D eigenvalue weighted by Gasteiger charge is -2.14. The standard InChI is InChI=1S/C14H15N3O4/c18-12-5-4-11(16-17-12)13(19)15-10-3-1-2-9(8-10)14-20-6-7-21-14/h1-3,8,14H,4-7H2,(H,15,19)(H,17,18). The number of hydrazone groups is 1. The van der Waals surface area contributed by atoms with E-state index >= 15 is 0 Å². The Bertz CT molecular complexity index is 594. The van der Waals surface area contributed by atoms with E-state index in [4.69, 9.17) is 9.47 Å². The molecule has 1 fully saturated rings. The average Bonchev–Trinajstić information content (AvgIpc) is 3.02. The lowest BCUT2D eigenvalue weighted by atomic mass is 10.1. The van der Waals surface area contributed by atoms with E-state index < -0.39 is 0 Å². The van der Waals surface area contributed by atoms with Crippen molar-refractivity contribution in [3.63, 3.8) is 0 Å². The first-order valence-corrected chi connectivity index (χ1v) is 6.72. The first kappa shape index (κ1) is 13.7. The molecule has 7 heteroatoms. The summed E-state index contributed by atoms with van der Waals surface area (Å²) in [7, 11) is 0. The Morgan fingerprint density at radius 1 is 1.29 bits per heavy atom. The monoisotopic (exact) mass is 289 g/mol. The molecule has 1 aromatic carbocycles. The molecule has 21 heavy (non-hydrogen) atoms. The summed E-state index contributed by atoms with van der Waals surface area (Å²) in [5.41, 5.74) is 4.10. The largest absolute Gasteiger partial charge is 0.346 e. The third kappa shape index (κ3) is 3.26. The van der Waals surface area contributed by atoms with Crippen molar-refractivity contribution < 1.29 is 19.1 Å². The molecular weight excluding hydrogens is 274 g/mol. The maximum absolute atomic E-state index is 12.1. The molecule has 0 atom stereocenters. The maximum Gasteiger partial charge on any atom is 0.271 e. The van der Waals surface area contributed by atoms with Crippen LogP contribution in [-0.2, 0) is 19.1 Å². The van der Waals surface area contributed by atoms with Gasteiger partial charge in [0, 0.05) is 24.1 Å². The number of carbonyl (C=O) groups is 2. The molecule has 0 radical (unpaired) electrons. The van der Waals surface area contributed by atoms with Gasteiger partial charge in [-0.2, -0.15) is 5.10 Å². The zero-order valence-electron chi connectivity index (χ0n) is 11.3. The molecule has 0 aliphatic carbocycles. The fraction of sp³-hybridized carbons (Fsp3) is 0.357. The van der Waals surface area contributed by atoms with Crippen LogP contribution in [0.4, 0.5) is 5.69 Å². The second-order valence-electron chi connectivity index (χ2n) is 4.75. The quantitative estimate of drug-likeness (QED) is 0.866. The molecule has 2 aliphatic rings. The van der Waals surface area contributed by atoms with Gasteiger partial charge in [-0.3, -0.25) is 9.59 Å². The van der Waals surface area contributed by atoms with Crippen molar-refractivity contribution in [3.8, 4) is 0 Å². The number of nitrogens with one attached hydrogen (secondary N) is 2. The Morgan fingerprint density at radius 3 is 2.81 bits per heavy atom. The van der Waals surface area contributed by atoms with Crippen molar-refractivity contribution >= 4 is 23.2 Å². The van der Waals surface area contributed by atoms with Crippen LogP contribution in [0, 0.1) is 0 Å². The van der Waals surface area contributed by atoms with Gasteiger partial charge in [0.2, 0.25) is 5.91 Å². The maximum atomic E-state index is 12.1. The zero-order chi connectivity index (χ0) is 14.7. The van der Waals surface area contributed by atoms with Crippen LogP contribution in [0.15, 0.2) is 29.4 Å². The molecule has 2 heterocycles. The first-order chi connectivity index (χ1) is 10.2. The van der Waals surface area contributed by atoms with Crippen LogP contribution in [0.5, 0.6) is 0 Å². The molecule has 2 amide bonds. The highest BCUT2D eigenvalue weighted by Gasteiger charge is 2.20. The number of hydrogen-bond donors (Lipinski definition) is 2. The lowest BCUT2D eigenvalue weighted by molar-refractivity contribution is -0.121. The molecule has 0 aromatic heterocycles. The smallest absolute Gasteiger partial charge is 0.271 e. The molecule has 0 unspecified atom stereocenters. The molecule has 110 valence electrons. The van der Waals surface area contributed by atoms with Gasteiger partial charge in [0.15, 0.2) is 6.29 Å². The fourth-order valence-electron chi connectivity index (χ4n) is 2.16. The number of rotatable bonds is 3. The van der Waals surface area contributed by atoms with Crippen LogP contribution >= 0.6 is 0 Å². The zero-order valence-corrected chi connectivity index (χ0v) is 11.3. The number of amides is 2. The molecule has 1 saturated heterocycles. The van der Waals surface area contributed by atoms with Crippen LogP contribution in [0.2, 0.25) is 0 Å². The summed E-state index contributed by atoms with van der Waals surface area (Å²) < 4.78 is 10.8. The van der Waals surface area contributed by atoms with Crippen molar-refractivity contribution in [2.45, 2.75) is 19.1 Å². The first-order valence-electron chi connectivity index (χ1n) is 6.72. The van der Waals surface area contributed by atoms with E-state index in [2.05, 4.69) is 15.8 Å². The second-order valence-corrected chi connectivity index (χ2v) is 4.75. The van der Waals surface area contributed by atoms with E-state index in [-0.39, 0.29) is 24.5 Å². The number of carbonyl (C=O) groups excluding carboxylic acids is 2. The summed E-state index contributed by atoms with van der Waals surface area (Å²) in [5, 5.41) is 6.52. The van der Waals surface area contributed by atoms with E-state index in [1.54, 1.807) is 12.1 Å². The summed E-state index contributed by atoms with van der Waals surface area (Å²) in [5.74, 6) is -0.496. The molecule has 2 aliphatic heterocycles. The van der Waals surface area contributed by atoms with Crippen molar-refractivity contribution in [2.75, 3.05) is 18.5 Å². The van der Waals surface area contributed by atoms with Crippen LogP contribution in [0.3, 0.4) is 0 Å². The van der Waals surface area contributed by atoms with Gasteiger partial charge in [-0.05, 0) is 12.1 Å². The van der Waals surface area contributed by atoms with Crippen molar-refractivity contribution in [1.29, 1.82) is 0 Å². The number of anilines is 1. The van der Waals surface area contributed by atoms with E-state index in [0.717, 1.165) is 5.56 Å². The third-order valence-electron chi connectivity index (χ3n) is 3.20. The van der Waals surface area contributed by atoms with Crippen molar-refractivity contribution in [3.05, 3.63) is 29.8 Å². The summed E-state index contributed by atoms with van der Waals surface area (Å²) in [6.07, 6.45) is 0.232. The number of nitrogens with zero attached hydrogens (tertiary/aromatic N) is 1. The second kappa shape index (κ2) is 6.02. The molecule has 2 N–H and O–H groups in total. The Morgan fingerprint density at radius 2 is 2.10 bits per heavy atom. The average molecular weight is 289 g/mol. The minimum absolute atomic E-state index is 0.177. The third-order valence-corrected chi connectivity index (χ3v) is 3.20. The van der Waals surface area contributed by atoms with Gasteiger partial charge in [0.1, 0.15) is 5.71 Å². The van der Waals surface area contributed by atoms with Gasteiger partial charge in [0.25, 0.3) is 5.91 Å². The predicted molar refractivity (Wildman–Crippen MR) is 74.5 cm³/mol. The van der Waals surface area contributed by atoms with Crippen LogP contribution in [-0.4, -0.2) is 30.7 Å². The Kier molecular flexibility index (Phi) is 3.94. The van der Waals surface area contributed by atoms with Gasteiger partial charge >= 0.3 is 0 Å². The van der Waals surface area contributed by atoms with E-state index in [1.807, 2.05) is 12.1 Å². The molecular formula is C14H15N3O4. The predicted octanol–water partition coefficient (Wildman–Crippen LogP) is 0.936. The summed E-state index contributed by atoms with van der Waals surface area (Å²) in [4.78, 5) is 23.1. The highest BCUT2D eigenvalue weighted by molar-refractivity contribution is 6.43. The van der Waals surface area contributed by atoms with Crippen molar-refractivity contribution in [2.24, 2.45) is 5.10 Å². The van der Waals surface area contributed by atoms with Crippen LogP contribution < -0.4 is 10.7 Å². The molecule has 1 aromatic rings. The van der Waals surface area contributed by atoms with Gasteiger partial charge in [0.05, 0.1) is 13.2 Å². The van der Waals surface area contributed by atoms with E-state index in [0.29, 0.717) is 31.0 Å². The Labute approximate surface area is 121 Å². The highest BCUT2D eigenvalue weighted by atomic mass is 16.7. The molecule has 3 rings (SSSR count). The number of hydrogen-bond acceptors (Lipinski definition) is 5. The summed E-state index contributed by atoms with van der Waals surface area (Å²) >= 11 is 0. The van der Waals surface area contributed by atoms with Gasteiger partial charge in [-0.25, -0.2) is 5.43 Å². The Hall–Kier alpha value is -2.25. The molecule has 7 nitrogen and oxygen atoms in total. The number of ether oxygens (including phenoxy) is 2. The molecule has 0 spiro atoms. The van der Waals surface area contributed by atoms with Gasteiger partial charge in [-0.1, -0.05) is 12.1 Å². The lowest BCUT2D eigenvalue weighted by Crippen LogP contribution is -2.32. The minimum Gasteiger partial charge on any atom is -0.346 e. The Balaban J connectivity index is 1.68. The normalized spacial score (nSPS) is 19.0. The SMILES string of the molecule is O=C1CCC(C(=O)Nc2cccc(C3OCCO3)c2)=NN1.